The largest absolute Gasteiger partial charge is 0.493 e. The molecule has 0 saturated carbocycles. The number of ether oxygens (including phenoxy) is 2. The summed E-state index contributed by atoms with van der Waals surface area (Å²) >= 11 is 0. The summed E-state index contributed by atoms with van der Waals surface area (Å²) in [5.41, 5.74) is 2.59. The van der Waals surface area contributed by atoms with Gasteiger partial charge in [0.25, 0.3) is 0 Å². The molecule has 1 aromatic heterocycles. The Morgan fingerprint density at radius 1 is 1.00 bits per heavy atom. The highest BCUT2D eigenvalue weighted by atomic mass is 16.5. The van der Waals surface area contributed by atoms with Gasteiger partial charge >= 0.3 is 0 Å². The smallest absolute Gasteiger partial charge is 0.231 e. The zero-order valence-corrected chi connectivity index (χ0v) is 16.3. The summed E-state index contributed by atoms with van der Waals surface area (Å²) in [5.74, 6) is 1.91. The number of amides is 1. The highest BCUT2D eigenvalue weighted by Crippen LogP contribution is 2.31. The van der Waals surface area contributed by atoms with Crippen LogP contribution in [0.1, 0.15) is 0 Å². The number of anilines is 2. The molecule has 1 aliphatic rings. The summed E-state index contributed by atoms with van der Waals surface area (Å²) in [6, 6.07) is 17.2. The second kappa shape index (κ2) is 8.18. The minimum absolute atomic E-state index is 0.0224. The minimum atomic E-state index is -0.0989. The molecule has 29 heavy (non-hydrogen) atoms. The molecule has 7 heteroatoms. The Hall–Kier alpha value is -3.61. The van der Waals surface area contributed by atoms with Gasteiger partial charge in [-0.1, -0.05) is 30.3 Å². The van der Waals surface area contributed by atoms with Crippen LogP contribution in [0.4, 0.5) is 11.5 Å². The van der Waals surface area contributed by atoms with Gasteiger partial charge in [0.15, 0.2) is 11.5 Å². The van der Waals surface area contributed by atoms with Crippen molar-refractivity contribution in [3.8, 4) is 22.8 Å². The number of benzene rings is 2. The predicted molar refractivity (Wildman–Crippen MR) is 111 cm³/mol. The molecule has 1 amide bonds. The van der Waals surface area contributed by atoms with E-state index in [1.54, 1.807) is 38.7 Å². The van der Waals surface area contributed by atoms with Crippen LogP contribution in [-0.2, 0) is 4.79 Å². The van der Waals surface area contributed by atoms with Gasteiger partial charge in [0.1, 0.15) is 12.1 Å². The third-order valence-electron chi connectivity index (χ3n) is 4.95. The number of hydrogen-bond donors (Lipinski definition) is 1. The van der Waals surface area contributed by atoms with Crippen molar-refractivity contribution in [2.45, 2.75) is 0 Å². The average molecular weight is 390 g/mol. The summed E-state index contributed by atoms with van der Waals surface area (Å²) in [4.78, 5) is 23.4. The Balaban J connectivity index is 1.38. The van der Waals surface area contributed by atoms with Crippen molar-refractivity contribution in [1.82, 2.24) is 9.97 Å². The van der Waals surface area contributed by atoms with E-state index in [0.29, 0.717) is 30.3 Å². The number of nitrogens with one attached hydrogen (secondary N) is 1. The molecule has 1 N–H and O–H groups in total. The van der Waals surface area contributed by atoms with Crippen LogP contribution in [-0.4, -0.2) is 43.2 Å². The van der Waals surface area contributed by atoms with Gasteiger partial charge in [-0.3, -0.25) is 4.79 Å². The van der Waals surface area contributed by atoms with Crippen molar-refractivity contribution in [2.24, 2.45) is 5.92 Å². The van der Waals surface area contributed by atoms with Gasteiger partial charge in [-0.25, -0.2) is 9.97 Å². The second-order valence-electron chi connectivity index (χ2n) is 6.79. The number of carbonyl (C=O) groups is 1. The molecule has 0 bridgehead atoms. The first-order chi connectivity index (χ1) is 14.2. The lowest BCUT2D eigenvalue weighted by Crippen LogP contribution is -2.52. The first-order valence-electron chi connectivity index (χ1n) is 9.33. The third-order valence-corrected chi connectivity index (χ3v) is 4.95. The van der Waals surface area contributed by atoms with Crippen molar-refractivity contribution in [3.05, 3.63) is 60.9 Å². The molecule has 0 radical (unpaired) electrons. The molecule has 0 atom stereocenters. The number of aromatic nitrogens is 2. The molecule has 4 rings (SSSR count). The quantitative estimate of drug-likeness (QED) is 0.696. The number of rotatable bonds is 6. The van der Waals surface area contributed by atoms with Crippen LogP contribution in [0.5, 0.6) is 11.5 Å². The van der Waals surface area contributed by atoms with Crippen LogP contribution in [0.25, 0.3) is 11.3 Å². The van der Waals surface area contributed by atoms with Crippen molar-refractivity contribution < 1.29 is 14.3 Å². The van der Waals surface area contributed by atoms with Gasteiger partial charge in [0, 0.05) is 36.5 Å². The van der Waals surface area contributed by atoms with E-state index in [2.05, 4.69) is 20.2 Å². The Morgan fingerprint density at radius 3 is 2.48 bits per heavy atom. The van der Waals surface area contributed by atoms with E-state index in [1.807, 2.05) is 36.4 Å². The first-order valence-corrected chi connectivity index (χ1v) is 9.33. The maximum atomic E-state index is 12.6. The highest BCUT2D eigenvalue weighted by Gasteiger charge is 2.33. The van der Waals surface area contributed by atoms with E-state index in [1.165, 1.54) is 0 Å². The maximum absolute atomic E-state index is 12.6. The third kappa shape index (κ3) is 3.99. The zero-order chi connectivity index (χ0) is 20.2. The van der Waals surface area contributed by atoms with Crippen LogP contribution < -0.4 is 19.7 Å². The molecule has 1 fully saturated rings. The molecule has 7 nitrogen and oxygen atoms in total. The molecule has 148 valence electrons. The van der Waals surface area contributed by atoms with Gasteiger partial charge in [-0.05, 0) is 12.1 Å². The molecule has 0 unspecified atom stereocenters. The van der Waals surface area contributed by atoms with Crippen molar-refractivity contribution in [2.75, 3.05) is 37.5 Å². The van der Waals surface area contributed by atoms with Crippen LogP contribution >= 0.6 is 0 Å². The minimum Gasteiger partial charge on any atom is -0.493 e. The van der Waals surface area contributed by atoms with Crippen LogP contribution in [0.3, 0.4) is 0 Å². The van der Waals surface area contributed by atoms with E-state index in [4.69, 9.17) is 9.47 Å². The molecule has 1 saturated heterocycles. The fourth-order valence-corrected chi connectivity index (χ4v) is 3.28. The van der Waals surface area contributed by atoms with Crippen LogP contribution in [0.2, 0.25) is 0 Å². The molecule has 3 aromatic rings. The lowest BCUT2D eigenvalue weighted by molar-refractivity contribution is -0.120. The fourth-order valence-electron chi connectivity index (χ4n) is 3.28. The normalized spacial score (nSPS) is 13.5. The van der Waals surface area contributed by atoms with Crippen LogP contribution in [0.15, 0.2) is 60.9 Å². The molecule has 1 aliphatic heterocycles. The number of hydrogen-bond acceptors (Lipinski definition) is 6. The van der Waals surface area contributed by atoms with Crippen molar-refractivity contribution in [3.63, 3.8) is 0 Å². The topological polar surface area (TPSA) is 76.6 Å². The zero-order valence-electron chi connectivity index (χ0n) is 16.3. The van der Waals surface area contributed by atoms with E-state index < -0.39 is 0 Å². The fraction of sp³-hybridized carbons (Fsp3) is 0.227. The highest BCUT2D eigenvalue weighted by molar-refractivity contribution is 5.94. The molecule has 0 spiro atoms. The van der Waals surface area contributed by atoms with Crippen molar-refractivity contribution in [1.29, 1.82) is 0 Å². The summed E-state index contributed by atoms with van der Waals surface area (Å²) in [6.07, 6.45) is 1.56. The van der Waals surface area contributed by atoms with Gasteiger partial charge < -0.3 is 19.7 Å². The average Bonchev–Trinajstić information content (AvgIpc) is 2.73. The van der Waals surface area contributed by atoms with Gasteiger partial charge in [0.2, 0.25) is 5.91 Å². The molecule has 0 aliphatic carbocycles. The first kappa shape index (κ1) is 18.7. The summed E-state index contributed by atoms with van der Waals surface area (Å²) in [6.45, 7) is 1.23. The summed E-state index contributed by atoms with van der Waals surface area (Å²) in [7, 11) is 3.15. The van der Waals surface area contributed by atoms with Gasteiger partial charge in [0.05, 0.1) is 25.8 Å². The SMILES string of the molecule is COc1ccc(NC(=O)C2CN(c3cc(-c4ccccc4)ncn3)C2)cc1OC. The predicted octanol–water partition coefficient (Wildman–Crippen LogP) is 3.24. The van der Waals surface area contributed by atoms with E-state index in [0.717, 1.165) is 17.1 Å². The number of carbonyl (C=O) groups excluding carboxylic acids is 1. The van der Waals surface area contributed by atoms with E-state index >= 15 is 0 Å². The van der Waals surface area contributed by atoms with Crippen molar-refractivity contribution >= 4 is 17.4 Å². The second-order valence-corrected chi connectivity index (χ2v) is 6.79. The van der Waals surface area contributed by atoms with Gasteiger partial charge in [-0.15, -0.1) is 0 Å². The molecular weight excluding hydrogens is 368 g/mol. The van der Waals surface area contributed by atoms with E-state index in [-0.39, 0.29) is 11.8 Å². The van der Waals surface area contributed by atoms with Gasteiger partial charge in [-0.2, -0.15) is 0 Å². The molecule has 2 heterocycles. The molecule has 2 aromatic carbocycles. The Morgan fingerprint density at radius 2 is 1.76 bits per heavy atom. The van der Waals surface area contributed by atoms with E-state index in [9.17, 15) is 4.79 Å². The Labute approximate surface area is 169 Å². The summed E-state index contributed by atoms with van der Waals surface area (Å²) < 4.78 is 10.5. The van der Waals surface area contributed by atoms with Crippen LogP contribution in [0, 0.1) is 5.92 Å². The Bertz CT molecular complexity index is 1000. The Kier molecular flexibility index (Phi) is 5.29. The lowest BCUT2D eigenvalue weighted by atomic mass is 9.99. The molecular formula is C22H22N4O3. The lowest BCUT2D eigenvalue weighted by Gasteiger charge is -2.39. The summed E-state index contributed by atoms with van der Waals surface area (Å²) in [5, 5.41) is 2.95. The maximum Gasteiger partial charge on any atom is 0.231 e. The number of nitrogens with zero attached hydrogens (tertiary/aromatic N) is 3. The number of methoxy groups -OCH3 is 2. The standard InChI is InChI=1S/C22H22N4O3/c1-28-19-9-8-17(10-20(19)29-2)25-22(27)16-12-26(13-16)21-11-18(23-14-24-21)15-6-4-3-5-7-15/h3-11,14,16H,12-13H2,1-2H3,(H,25,27). The monoisotopic (exact) mass is 390 g/mol.